The average molecular weight is 426 g/mol. The molecule has 32 heavy (non-hydrogen) atoms. The topological polar surface area (TPSA) is 82.7 Å². The van der Waals surface area contributed by atoms with E-state index < -0.39 is 0 Å². The smallest absolute Gasteiger partial charge is 0.151 e. The second kappa shape index (κ2) is 8.40. The van der Waals surface area contributed by atoms with Crippen LogP contribution in [0, 0.1) is 11.3 Å². The second-order valence-electron chi connectivity index (χ2n) is 8.28. The number of hydrogen-bond acceptors (Lipinski definition) is 6. The molecule has 5 rings (SSSR count). The third-order valence-electron chi connectivity index (χ3n) is 6.23. The van der Waals surface area contributed by atoms with Crippen molar-refractivity contribution in [3.8, 4) is 28.5 Å². The number of aryl methyl sites for hydroxylation is 1. The minimum atomic E-state index is 0. The van der Waals surface area contributed by atoms with Crippen LogP contribution in [0.1, 0.15) is 19.8 Å². The van der Waals surface area contributed by atoms with Gasteiger partial charge in [-0.2, -0.15) is 10.4 Å². The summed E-state index contributed by atoms with van der Waals surface area (Å²) in [4.78, 5) is 2.31. The lowest BCUT2D eigenvalue weighted by Gasteiger charge is -2.32. The SMILES string of the molecule is CNC1CCN(c2cc(-c3ccc(C#N)cc3)c(-c3ccc4nn(C)cc4c3)nn2)CC1.[HH]. The monoisotopic (exact) mass is 425 g/mol. The minimum absolute atomic E-state index is 0. The van der Waals surface area contributed by atoms with Crippen LogP contribution in [0.5, 0.6) is 0 Å². The van der Waals surface area contributed by atoms with Crippen LogP contribution in [0.4, 0.5) is 5.82 Å². The number of nitriles is 1. The highest BCUT2D eigenvalue weighted by molar-refractivity contribution is 5.88. The van der Waals surface area contributed by atoms with Crippen molar-refractivity contribution in [3.63, 3.8) is 0 Å². The molecule has 2 aromatic heterocycles. The number of aromatic nitrogens is 4. The molecule has 7 heteroatoms. The van der Waals surface area contributed by atoms with Crippen molar-refractivity contribution in [3.05, 3.63) is 60.3 Å². The molecule has 7 nitrogen and oxygen atoms in total. The summed E-state index contributed by atoms with van der Waals surface area (Å²) < 4.78 is 1.82. The van der Waals surface area contributed by atoms with Gasteiger partial charge in [-0.1, -0.05) is 18.2 Å². The summed E-state index contributed by atoms with van der Waals surface area (Å²) in [5.41, 5.74) is 5.45. The second-order valence-corrected chi connectivity index (χ2v) is 8.28. The van der Waals surface area contributed by atoms with Gasteiger partial charge in [0.2, 0.25) is 0 Å². The quantitative estimate of drug-likeness (QED) is 0.532. The molecule has 0 saturated carbocycles. The number of anilines is 1. The van der Waals surface area contributed by atoms with E-state index in [1.54, 1.807) is 0 Å². The van der Waals surface area contributed by atoms with Gasteiger partial charge in [0.25, 0.3) is 0 Å². The van der Waals surface area contributed by atoms with E-state index in [1.165, 1.54) is 0 Å². The van der Waals surface area contributed by atoms with Gasteiger partial charge in [0.15, 0.2) is 5.82 Å². The van der Waals surface area contributed by atoms with Gasteiger partial charge < -0.3 is 10.2 Å². The van der Waals surface area contributed by atoms with Crippen LogP contribution in [0.3, 0.4) is 0 Å². The number of nitrogens with zero attached hydrogens (tertiary/aromatic N) is 6. The predicted molar refractivity (Wildman–Crippen MR) is 128 cm³/mol. The lowest BCUT2D eigenvalue weighted by molar-refractivity contribution is 0.440. The van der Waals surface area contributed by atoms with Gasteiger partial charge in [-0.15, -0.1) is 10.2 Å². The highest BCUT2D eigenvalue weighted by Crippen LogP contribution is 2.34. The molecule has 1 aliphatic heterocycles. The molecular weight excluding hydrogens is 398 g/mol. The van der Waals surface area contributed by atoms with E-state index in [2.05, 4.69) is 38.6 Å². The zero-order chi connectivity index (χ0) is 22.1. The van der Waals surface area contributed by atoms with E-state index in [4.69, 9.17) is 5.10 Å². The largest absolute Gasteiger partial charge is 0.355 e. The molecular formula is C25H27N7. The zero-order valence-corrected chi connectivity index (χ0v) is 18.3. The Bertz CT molecular complexity index is 1300. The number of benzene rings is 2. The van der Waals surface area contributed by atoms with Crippen LogP contribution in [-0.2, 0) is 7.05 Å². The van der Waals surface area contributed by atoms with Crippen LogP contribution in [0.15, 0.2) is 54.7 Å². The normalized spacial score (nSPS) is 14.6. The van der Waals surface area contributed by atoms with Gasteiger partial charge in [0, 0.05) is 50.3 Å². The first-order valence-electron chi connectivity index (χ1n) is 10.9. The van der Waals surface area contributed by atoms with Gasteiger partial charge in [-0.3, -0.25) is 4.68 Å². The Morgan fingerprint density at radius 3 is 2.50 bits per heavy atom. The number of rotatable bonds is 4. The number of nitrogens with one attached hydrogen (secondary N) is 1. The molecule has 3 heterocycles. The van der Waals surface area contributed by atoms with Crippen molar-refractivity contribution in [2.75, 3.05) is 25.0 Å². The Balaban J connectivity index is 0.00000259. The zero-order valence-electron chi connectivity index (χ0n) is 18.3. The first-order valence-corrected chi connectivity index (χ1v) is 10.9. The molecule has 0 bridgehead atoms. The summed E-state index contributed by atoms with van der Waals surface area (Å²) in [7, 11) is 3.95. The Labute approximate surface area is 188 Å². The lowest BCUT2D eigenvalue weighted by atomic mass is 9.98. The Hall–Kier alpha value is -3.76. The molecule has 0 atom stereocenters. The Kier molecular flexibility index (Phi) is 5.29. The first kappa shape index (κ1) is 20.2. The third kappa shape index (κ3) is 3.81. The van der Waals surface area contributed by atoms with Crippen LogP contribution >= 0.6 is 0 Å². The van der Waals surface area contributed by atoms with Gasteiger partial charge in [0.1, 0.15) is 5.69 Å². The maximum atomic E-state index is 9.20. The molecule has 0 amide bonds. The Morgan fingerprint density at radius 2 is 1.78 bits per heavy atom. The summed E-state index contributed by atoms with van der Waals surface area (Å²) in [6, 6.07) is 18.7. The summed E-state index contributed by atoms with van der Waals surface area (Å²) in [6.07, 6.45) is 4.18. The molecule has 4 aromatic rings. The molecule has 1 saturated heterocycles. The minimum Gasteiger partial charge on any atom is -0.355 e. The molecule has 2 aromatic carbocycles. The van der Waals surface area contributed by atoms with Gasteiger partial charge in [-0.05, 0) is 55.8 Å². The molecule has 1 aliphatic rings. The molecule has 1 N–H and O–H groups in total. The summed E-state index contributed by atoms with van der Waals surface area (Å²) in [6.45, 7) is 1.90. The summed E-state index contributed by atoms with van der Waals surface area (Å²) in [5, 5.41) is 27.4. The molecule has 0 radical (unpaired) electrons. The molecule has 162 valence electrons. The fraction of sp³-hybridized carbons (Fsp3) is 0.280. The van der Waals surface area contributed by atoms with E-state index in [0.717, 1.165) is 65.0 Å². The van der Waals surface area contributed by atoms with Gasteiger partial charge >= 0.3 is 0 Å². The van der Waals surface area contributed by atoms with Gasteiger partial charge in [0.05, 0.1) is 17.1 Å². The fourth-order valence-electron chi connectivity index (χ4n) is 4.39. The maximum Gasteiger partial charge on any atom is 0.151 e. The maximum absolute atomic E-state index is 9.20. The van der Waals surface area contributed by atoms with E-state index in [1.807, 2.05) is 61.4 Å². The van der Waals surface area contributed by atoms with E-state index in [-0.39, 0.29) is 1.43 Å². The van der Waals surface area contributed by atoms with Crippen molar-refractivity contribution in [1.82, 2.24) is 25.3 Å². The fourth-order valence-corrected chi connectivity index (χ4v) is 4.39. The van der Waals surface area contributed by atoms with Crippen LogP contribution in [-0.4, -0.2) is 46.2 Å². The molecule has 0 spiro atoms. The molecule has 0 unspecified atom stereocenters. The highest BCUT2D eigenvalue weighted by atomic mass is 15.3. The third-order valence-corrected chi connectivity index (χ3v) is 6.23. The highest BCUT2D eigenvalue weighted by Gasteiger charge is 2.21. The Morgan fingerprint density at radius 1 is 1.03 bits per heavy atom. The van der Waals surface area contributed by atoms with E-state index in [0.29, 0.717) is 11.6 Å². The predicted octanol–water partition coefficient (Wildman–Crippen LogP) is 4.00. The summed E-state index contributed by atoms with van der Waals surface area (Å²) >= 11 is 0. The van der Waals surface area contributed by atoms with Crippen LogP contribution in [0.25, 0.3) is 33.3 Å². The van der Waals surface area contributed by atoms with Crippen molar-refractivity contribution in [2.45, 2.75) is 18.9 Å². The number of fused-ring (bicyclic) bond motifs is 1. The van der Waals surface area contributed by atoms with E-state index in [9.17, 15) is 5.26 Å². The number of hydrogen-bond donors (Lipinski definition) is 1. The molecule has 0 aliphatic carbocycles. The standard InChI is InChI=1S/C25H25N7.H2/c1-27-21-9-11-32(12-10-21)24-14-22(18-5-3-17(15-26)4-6-18)25(29-28-24)19-7-8-23-20(13-19)16-31(2)30-23;/h3-8,13-14,16,21,27H,9-12H2,1-2H3;1H. The van der Waals surface area contributed by atoms with Crippen molar-refractivity contribution < 1.29 is 1.43 Å². The first-order chi connectivity index (χ1) is 15.6. The van der Waals surface area contributed by atoms with Crippen LogP contribution in [0.2, 0.25) is 0 Å². The average Bonchev–Trinajstić information content (AvgIpc) is 3.23. The number of piperidine rings is 1. The molecule has 1 fully saturated rings. The van der Waals surface area contributed by atoms with Crippen molar-refractivity contribution in [1.29, 1.82) is 5.26 Å². The summed E-state index contributed by atoms with van der Waals surface area (Å²) in [5.74, 6) is 0.894. The van der Waals surface area contributed by atoms with Crippen molar-refractivity contribution >= 4 is 16.7 Å². The van der Waals surface area contributed by atoms with E-state index >= 15 is 0 Å². The van der Waals surface area contributed by atoms with Crippen molar-refractivity contribution in [2.24, 2.45) is 7.05 Å². The van der Waals surface area contributed by atoms with Crippen LogP contribution < -0.4 is 10.2 Å². The lowest BCUT2D eigenvalue weighted by Crippen LogP contribution is -2.41. The van der Waals surface area contributed by atoms with Gasteiger partial charge in [-0.25, -0.2) is 0 Å².